The molecule has 0 aliphatic carbocycles. The molecule has 1 aliphatic rings. The minimum atomic E-state index is -1.07. The number of carboxylic acids is 1. The predicted octanol–water partition coefficient (Wildman–Crippen LogP) is 4.74. The first-order chi connectivity index (χ1) is 18.8. The SMILES string of the molecule is COc1ccc(CCN2C(=O)[C@H](CC(=O)Nc3ccc(C(=O)O)cc3)SC2=Nc2ccccc2F)cc1OC. The fourth-order valence-electron chi connectivity index (χ4n) is 3.93. The quantitative estimate of drug-likeness (QED) is 0.374. The number of anilines is 1. The second-order valence-corrected chi connectivity index (χ2v) is 9.69. The van der Waals surface area contributed by atoms with Gasteiger partial charge in [-0.05, 0) is 60.5 Å². The number of amides is 2. The number of carbonyl (C=O) groups excluding carboxylic acids is 2. The normalized spacial score (nSPS) is 15.9. The van der Waals surface area contributed by atoms with Crippen molar-refractivity contribution in [2.24, 2.45) is 4.99 Å². The van der Waals surface area contributed by atoms with Gasteiger partial charge >= 0.3 is 5.97 Å². The molecule has 0 spiro atoms. The van der Waals surface area contributed by atoms with Gasteiger partial charge in [-0.2, -0.15) is 0 Å². The van der Waals surface area contributed by atoms with Crippen molar-refractivity contribution in [3.63, 3.8) is 0 Å². The number of rotatable bonds is 10. The third kappa shape index (κ3) is 6.74. The fraction of sp³-hybridized carbons (Fsp3) is 0.214. The van der Waals surface area contributed by atoms with Crippen molar-refractivity contribution in [2.75, 3.05) is 26.1 Å². The molecular formula is C28H26FN3O6S. The van der Waals surface area contributed by atoms with Crippen LogP contribution in [0.3, 0.4) is 0 Å². The van der Waals surface area contributed by atoms with Crippen LogP contribution in [-0.2, 0) is 16.0 Å². The average molecular weight is 552 g/mol. The van der Waals surface area contributed by atoms with Crippen LogP contribution in [0.5, 0.6) is 11.5 Å². The Morgan fingerprint density at radius 1 is 1.05 bits per heavy atom. The van der Waals surface area contributed by atoms with Crippen LogP contribution < -0.4 is 14.8 Å². The highest BCUT2D eigenvalue weighted by Gasteiger charge is 2.39. The zero-order valence-corrected chi connectivity index (χ0v) is 22.0. The van der Waals surface area contributed by atoms with Gasteiger partial charge in [0.2, 0.25) is 11.8 Å². The molecule has 3 aromatic rings. The fourth-order valence-corrected chi connectivity index (χ4v) is 5.11. The number of halogens is 1. The third-order valence-corrected chi connectivity index (χ3v) is 7.12. The number of benzene rings is 3. The number of methoxy groups -OCH3 is 2. The Kier molecular flexibility index (Phi) is 8.82. The van der Waals surface area contributed by atoms with E-state index in [0.717, 1.165) is 17.3 Å². The lowest BCUT2D eigenvalue weighted by Gasteiger charge is -2.17. The van der Waals surface area contributed by atoms with Gasteiger partial charge in [-0.25, -0.2) is 14.2 Å². The van der Waals surface area contributed by atoms with Crippen LogP contribution in [0.2, 0.25) is 0 Å². The number of carboxylic acid groups (broad SMARTS) is 1. The van der Waals surface area contributed by atoms with Gasteiger partial charge in [0.1, 0.15) is 16.8 Å². The molecule has 2 amide bonds. The van der Waals surface area contributed by atoms with Gasteiger partial charge in [0.15, 0.2) is 16.7 Å². The minimum Gasteiger partial charge on any atom is -0.493 e. The van der Waals surface area contributed by atoms with E-state index in [1.54, 1.807) is 25.3 Å². The maximum atomic E-state index is 14.4. The Bertz CT molecular complexity index is 1410. The summed E-state index contributed by atoms with van der Waals surface area (Å²) in [4.78, 5) is 43.0. The highest BCUT2D eigenvalue weighted by molar-refractivity contribution is 8.15. The molecule has 9 nitrogen and oxygen atoms in total. The van der Waals surface area contributed by atoms with Gasteiger partial charge in [-0.15, -0.1) is 0 Å². The molecule has 0 saturated carbocycles. The Morgan fingerprint density at radius 2 is 1.77 bits per heavy atom. The van der Waals surface area contributed by atoms with Crippen molar-refractivity contribution >= 4 is 46.1 Å². The van der Waals surface area contributed by atoms with Gasteiger partial charge < -0.3 is 19.9 Å². The number of hydrogen-bond donors (Lipinski definition) is 2. The van der Waals surface area contributed by atoms with E-state index in [-0.39, 0.29) is 30.1 Å². The number of thioether (sulfide) groups is 1. The van der Waals surface area contributed by atoms with E-state index in [9.17, 15) is 18.8 Å². The molecule has 202 valence electrons. The molecule has 1 atom stereocenters. The van der Waals surface area contributed by atoms with Crippen LogP contribution in [-0.4, -0.2) is 59.0 Å². The average Bonchev–Trinajstić information content (AvgIpc) is 3.21. The van der Waals surface area contributed by atoms with Crippen molar-refractivity contribution in [2.45, 2.75) is 18.1 Å². The molecule has 0 unspecified atom stereocenters. The van der Waals surface area contributed by atoms with Gasteiger partial charge in [0.25, 0.3) is 0 Å². The molecule has 4 rings (SSSR count). The first kappa shape index (κ1) is 27.6. The number of amidine groups is 1. The minimum absolute atomic E-state index is 0.0903. The lowest BCUT2D eigenvalue weighted by molar-refractivity contribution is -0.128. The van der Waals surface area contributed by atoms with Gasteiger partial charge in [-0.1, -0.05) is 30.0 Å². The van der Waals surface area contributed by atoms with Crippen molar-refractivity contribution in [1.82, 2.24) is 4.90 Å². The summed E-state index contributed by atoms with van der Waals surface area (Å²) in [6.45, 7) is 0.253. The second kappa shape index (κ2) is 12.4. The molecule has 1 aliphatic heterocycles. The largest absolute Gasteiger partial charge is 0.493 e. The number of nitrogens with zero attached hydrogens (tertiary/aromatic N) is 2. The number of nitrogens with one attached hydrogen (secondary N) is 1. The summed E-state index contributed by atoms with van der Waals surface area (Å²) in [5.41, 5.74) is 1.48. The lowest BCUT2D eigenvalue weighted by atomic mass is 10.1. The lowest BCUT2D eigenvalue weighted by Crippen LogP contribution is -2.35. The summed E-state index contributed by atoms with van der Waals surface area (Å²) in [6, 6.07) is 17.2. The summed E-state index contributed by atoms with van der Waals surface area (Å²) >= 11 is 1.10. The van der Waals surface area contributed by atoms with E-state index in [1.807, 2.05) is 12.1 Å². The summed E-state index contributed by atoms with van der Waals surface area (Å²) in [6.07, 6.45) is 0.311. The van der Waals surface area contributed by atoms with Crippen molar-refractivity contribution in [1.29, 1.82) is 0 Å². The molecule has 0 bridgehead atoms. The number of hydrogen-bond acceptors (Lipinski definition) is 7. The van der Waals surface area contributed by atoms with Gasteiger partial charge in [0.05, 0.1) is 19.8 Å². The van der Waals surface area contributed by atoms with E-state index in [4.69, 9.17) is 14.6 Å². The van der Waals surface area contributed by atoms with Crippen LogP contribution in [0.1, 0.15) is 22.3 Å². The van der Waals surface area contributed by atoms with Crippen LogP contribution >= 0.6 is 11.8 Å². The number of aromatic carboxylic acids is 1. The van der Waals surface area contributed by atoms with Crippen LogP contribution in [0.25, 0.3) is 0 Å². The first-order valence-corrected chi connectivity index (χ1v) is 12.8. The Hall–Kier alpha value is -4.38. The van der Waals surface area contributed by atoms with Crippen LogP contribution in [0, 0.1) is 5.82 Å². The van der Waals surface area contributed by atoms with E-state index in [1.165, 1.54) is 48.4 Å². The maximum absolute atomic E-state index is 14.4. The summed E-state index contributed by atoms with van der Waals surface area (Å²) in [5, 5.41) is 11.3. The van der Waals surface area contributed by atoms with Crippen LogP contribution in [0.15, 0.2) is 71.7 Å². The molecule has 1 heterocycles. The van der Waals surface area contributed by atoms with Gasteiger partial charge in [-0.3, -0.25) is 14.5 Å². The summed E-state index contributed by atoms with van der Waals surface area (Å²) < 4.78 is 25.0. The molecule has 11 heteroatoms. The molecule has 1 saturated heterocycles. The molecule has 0 radical (unpaired) electrons. The topological polar surface area (TPSA) is 118 Å². The molecule has 3 aromatic carbocycles. The number of aliphatic imine (C=N–C) groups is 1. The third-order valence-electron chi connectivity index (χ3n) is 5.95. The zero-order chi connectivity index (χ0) is 27.9. The first-order valence-electron chi connectivity index (χ1n) is 11.9. The van der Waals surface area contributed by atoms with E-state index in [2.05, 4.69) is 10.3 Å². The molecular weight excluding hydrogens is 525 g/mol. The molecule has 2 N–H and O–H groups in total. The predicted molar refractivity (Wildman–Crippen MR) is 146 cm³/mol. The second-order valence-electron chi connectivity index (χ2n) is 8.52. The van der Waals surface area contributed by atoms with E-state index in [0.29, 0.717) is 28.8 Å². The van der Waals surface area contributed by atoms with E-state index >= 15 is 0 Å². The van der Waals surface area contributed by atoms with Crippen molar-refractivity contribution < 1.29 is 33.4 Å². The highest BCUT2D eigenvalue weighted by Crippen LogP contribution is 2.33. The highest BCUT2D eigenvalue weighted by atomic mass is 32.2. The van der Waals surface area contributed by atoms with Crippen molar-refractivity contribution in [3.8, 4) is 11.5 Å². The Balaban J connectivity index is 1.51. The Morgan fingerprint density at radius 3 is 2.44 bits per heavy atom. The number of para-hydroxylation sites is 1. The number of carbonyl (C=O) groups is 3. The van der Waals surface area contributed by atoms with E-state index < -0.39 is 22.9 Å². The number of ether oxygens (including phenoxy) is 2. The smallest absolute Gasteiger partial charge is 0.335 e. The molecule has 0 aromatic heterocycles. The monoisotopic (exact) mass is 551 g/mol. The van der Waals surface area contributed by atoms with Gasteiger partial charge in [0, 0.05) is 18.7 Å². The Labute approximate surface area is 228 Å². The van der Waals surface area contributed by atoms with Crippen LogP contribution in [0.4, 0.5) is 15.8 Å². The standard InChI is InChI=1S/C28H26FN3O6S/c1-37-22-12-7-17(15-23(22)38-2)13-14-32-26(34)24(39-28(32)31-21-6-4-3-5-20(21)29)16-25(33)30-19-10-8-18(9-11-19)27(35)36/h3-12,15,24H,13-14,16H2,1-2H3,(H,30,33)(H,35,36)/t24-/m0/s1. The molecule has 1 fully saturated rings. The maximum Gasteiger partial charge on any atom is 0.335 e. The van der Waals surface area contributed by atoms with Crippen molar-refractivity contribution in [3.05, 3.63) is 83.7 Å². The molecule has 39 heavy (non-hydrogen) atoms. The zero-order valence-electron chi connectivity index (χ0n) is 21.2. The summed E-state index contributed by atoms with van der Waals surface area (Å²) in [7, 11) is 3.09. The summed E-state index contributed by atoms with van der Waals surface area (Å²) in [5.74, 6) is -1.19.